The van der Waals surface area contributed by atoms with Crippen molar-refractivity contribution in [2.75, 3.05) is 31.2 Å². The van der Waals surface area contributed by atoms with Gasteiger partial charge in [0.15, 0.2) is 0 Å². The van der Waals surface area contributed by atoms with E-state index in [2.05, 4.69) is 0 Å². The van der Waals surface area contributed by atoms with Crippen molar-refractivity contribution in [2.45, 2.75) is 20.8 Å². The summed E-state index contributed by atoms with van der Waals surface area (Å²) in [6.45, 7) is 5.88. The van der Waals surface area contributed by atoms with Crippen LogP contribution in [0.2, 0.25) is 0 Å². The van der Waals surface area contributed by atoms with Crippen LogP contribution in [0.1, 0.15) is 20.8 Å². The Bertz CT molecular complexity index is 630. The summed E-state index contributed by atoms with van der Waals surface area (Å²) in [5, 5.41) is 0. The second-order valence-corrected chi connectivity index (χ2v) is 6.32. The number of nitrogens with zero attached hydrogens (tertiary/aromatic N) is 3. The molecule has 1 aliphatic rings. The number of carbonyl (C=O) groups excluding carboxylic acids is 3. The Morgan fingerprint density at radius 2 is 1.88 bits per heavy atom. The van der Waals surface area contributed by atoms with Crippen molar-refractivity contribution in [1.29, 1.82) is 0 Å². The second kappa shape index (κ2) is 7.42. The lowest BCUT2D eigenvalue weighted by atomic mass is 10.2. The molecule has 1 heterocycles. The van der Waals surface area contributed by atoms with E-state index in [9.17, 15) is 18.8 Å². The number of carbonyl (C=O) groups is 3. The molecule has 1 aromatic carbocycles. The van der Waals surface area contributed by atoms with Crippen LogP contribution < -0.4 is 4.90 Å². The number of rotatable bonds is 5. The molecular formula is C17H22FN3O3. The highest BCUT2D eigenvalue weighted by molar-refractivity contribution is 6.00. The zero-order valence-corrected chi connectivity index (χ0v) is 14.2. The van der Waals surface area contributed by atoms with E-state index in [1.54, 1.807) is 0 Å². The highest BCUT2D eigenvalue weighted by atomic mass is 19.1. The highest BCUT2D eigenvalue weighted by Crippen LogP contribution is 2.20. The molecule has 1 fully saturated rings. The largest absolute Gasteiger partial charge is 0.333 e. The van der Waals surface area contributed by atoms with E-state index < -0.39 is 0 Å². The van der Waals surface area contributed by atoms with E-state index in [0.29, 0.717) is 12.2 Å². The number of amides is 3. The minimum atomic E-state index is -0.385. The highest BCUT2D eigenvalue weighted by Gasteiger charge is 2.32. The quantitative estimate of drug-likeness (QED) is 0.818. The third kappa shape index (κ3) is 4.31. The molecule has 0 aliphatic carbocycles. The molecule has 130 valence electrons. The van der Waals surface area contributed by atoms with E-state index in [1.807, 2.05) is 13.8 Å². The lowest BCUT2D eigenvalue weighted by Gasteiger charge is -2.25. The number of hydrogen-bond donors (Lipinski definition) is 0. The summed E-state index contributed by atoms with van der Waals surface area (Å²) in [7, 11) is 0. The van der Waals surface area contributed by atoms with Crippen LogP contribution in [-0.4, -0.2) is 53.8 Å². The molecule has 1 aliphatic heterocycles. The van der Waals surface area contributed by atoms with Crippen molar-refractivity contribution in [3.05, 3.63) is 30.1 Å². The molecular weight excluding hydrogens is 313 g/mol. The van der Waals surface area contributed by atoms with Gasteiger partial charge in [-0.05, 0) is 30.2 Å². The van der Waals surface area contributed by atoms with Crippen LogP contribution in [-0.2, 0) is 14.4 Å². The Morgan fingerprint density at radius 3 is 2.42 bits per heavy atom. The molecule has 0 bridgehead atoms. The predicted octanol–water partition coefficient (Wildman–Crippen LogP) is 1.46. The molecule has 0 unspecified atom stereocenters. The van der Waals surface area contributed by atoms with E-state index in [-0.39, 0.29) is 49.2 Å². The third-order valence-electron chi connectivity index (χ3n) is 3.79. The molecule has 0 N–H and O–H groups in total. The maximum absolute atomic E-state index is 13.0. The number of benzene rings is 1. The standard InChI is InChI=1S/C17H22FN3O3/c1-12(2)8-19(13(3)22)9-16(23)20-10-17(24)21(11-20)15-6-4-14(18)5-7-15/h4-7,12H,8-11H2,1-3H3. The fraction of sp³-hybridized carbons (Fsp3) is 0.471. The minimum Gasteiger partial charge on any atom is -0.333 e. The van der Waals surface area contributed by atoms with E-state index in [4.69, 9.17) is 0 Å². The average Bonchev–Trinajstić information content (AvgIpc) is 2.89. The predicted molar refractivity (Wildman–Crippen MR) is 87.6 cm³/mol. The molecule has 0 spiro atoms. The fourth-order valence-electron chi connectivity index (χ4n) is 2.57. The first-order valence-electron chi connectivity index (χ1n) is 7.87. The Labute approximate surface area is 140 Å². The molecule has 6 nitrogen and oxygen atoms in total. The van der Waals surface area contributed by atoms with E-state index >= 15 is 0 Å². The first-order chi connectivity index (χ1) is 11.3. The first kappa shape index (κ1) is 17.9. The first-order valence-corrected chi connectivity index (χ1v) is 7.87. The Hall–Kier alpha value is -2.44. The molecule has 3 amide bonds. The van der Waals surface area contributed by atoms with Gasteiger partial charge in [-0.25, -0.2) is 4.39 Å². The minimum absolute atomic E-state index is 0.0381. The summed E-state index contributed by atoms with van der Waals surface area (Å²) < 4.78 is 13.0. The number of hydrogen-bond acceptors (Lipinski definition) is 3. The van der Waals surface area contributed by atoms with Crippen molar-refractivity contribution in [3.8, 4) is 0 Å². The van der Waals surface area contributed by atoms with Crippen LogP contribution in [0.25, 0.3) is 0 Å². The molecule has 0 saturated carbocycles. The molecule has 0 atom stereocenters. The van der Waals surface area contributed by atoms with Gasteiger partial charge in [-0.1, -0.05) is 13.8 Å². The Morgan fingerprint density at radius 1 is 1.25 bits per heavy atom. The van der Waals surface area contributed by atoms with Gasteiger partial charge in [-0.15, -0.1) is 0 Å². The van der Waals surface area contributed by atoms with Crippen LogP contribution in [0.5, 0.6) is 0 Å². The van der Waals surface area contributed by atoms with Gasteiger partial charge in [-0.2, -0.15) is 0 Å². The Balaban J connectivity index is 2.02. The summed E-state index contributed by atoms with van der Waals surface area (Å²) in [4.78, 5) is 40.5. The summed E-state index contributed by atoms with van der Waals surface area (Å²) >= 11 is 0. The smallest absolute Gasteiger partial charge is 0.248 e. The average molecular weight is 335 g/mol. The maximum atomic E-state index is 13.0. The molecule has 0 radical (unpaired) electrons. The van der Waals surface area contributed by atoms with Gasteiger partial charge in [0.1, 0.15) is 19.0 Å². The van der Waals surface area contributed by atoms with Gasteiger partial charge >= 0.3 is 0 Å². The summed E-state index contributed by atoms with van der Waals surface area (Å²) in [5.41, 5.74) is 0.544. The zero-order valence-electron chi connectivity index (χ0n) is 14.2. The van der Waals surface area contributed by atoms with Crippen molar-refractivity contribution in [3.63, 3.8) is 0 Å². The zero-order chi connectivity index (χ0) is 17.9. The normalized spacial score (nSPS) is 14.5. The molecule has 1 aromatic rings. The van der Waals surface area contributed by atoms with Crippen LogP contribution >= 0.6 is 0 Å². The summed E-state index contributed by atoms with van der Waals surface area (Å²) in [6, 6.07) is 5.55. The van der Waals surface area contributed by atoms with Crippen molar-refractivity contribution >= 4 is 23.4 Å². The van der Waals surface area contributed by atoms with Gasteiger partial charge in [0.05, 0.1) is 6.54 Å². The van der Waals surface area contributed by atoms with Crippen LogP contribution in [0.4, 0.5) is 10.1 Å². The van der Waals surface area contributed by atoms with Crippen LogP contribution in [0.3, 0.4) is 0 Å². The molecule has 0 aromatic heterocycles. The van der Waals surface area contributed by atoms with Gasteiger partial charge in [0.2, 0.25) is 17.7 Å². The van der Waals surface area contributed by atoms with E-state index in [0.717, 1.165) is 0 Å². The van der Waals surface area contributed by atoms with Crippen LogP contribution in [0.15, 0.2) is 24.3 Å². The third-order valence-corrected chi connectivity index (χ3v) is 3.79. The van der Waals surface area contributed by atoms with Crippen molar-refractivity contribution < 1.29 is 18.8 Å². The Kier molecular flexibility index (Phi) is 5.54. The van der Waals surface area contributed by atoms with Gasteiger partial charge in [0.25, 0.3) is 0 Å². The summed E-state index contributed by atoms with van der Waals surface area (Å²) in [5.74, 6) is -0.809. The molecule has 1 saturated heterocycles. The SMILES string of the molecule is CC(=O)N(CC(=O)N1CC(=O)N(c2ccc(F)cc2)C1)CC(C)C. The molecule has 24 heavy (non-hydrogen) atoms. The lowest BCUT2D eigenvalue weighted by molar-refractivity contribution is -0.139. The van der Waals surface area contributed by atoms with Crippen LogP contribution in [0, 0.1) is 11.7 Å². The topological polar surface area (TPSA) is 60.9 Å². The molecule has 2 rings (SSSR count). The maximum Gasteiger partial charge on any atom is 0.248 e. The van der Waals surface area contributed by atoms with Crippen molar-refractivity contribution in [2.24, 2.45) is 5.92 Å². The van der Waals surface area contributed by atoms with Gasteiger partial charge in [0, 0.05) is 19.2 Å². The summed E-state index contributed by atoms with van der Waals surface area (Å²) in [6.07, 6.45) is 0. The van der Waals surface area contributed by atoms with Crippen molar-refractivity contribution in [1.82, 2.24) is 9.80 Å². The number of halogens is 1. The van der Waals surface area contributed by atoms with E-state index in [1.165, 1.54) is 45.9 Å². The lowest BCUT2D eigenvalue weighted by Crippen LogP contribution is -2.43. The molecule has 7 heteroatoms. The number of anilines is 1. The second-order valence-electron chi connectivity index (χ2n) is 6.32. The van der Waals surface area contributed by atoms with Gasteiger partial charge < -0.3 is 9.80 Å². The van der Waals surface area contributed by atoms with Gasteiger partial charge in [-0.3, -0.25) is 19.3 Å². The fourth-order valence-corrected chi connectivity index (χ4v) is 2.57. The monoisotopic (exact) mass is 335 g/mol.